The van der Waals surface area contributed by atoms with Crippen molar-refractivity contribution < 1.29 is 24.5 Å². The van der Waals surface area contributed by atoms with Gasteiger partial charge in [0.05, 0.1) is 44.8 Å². The van der Waals surface area contributed by atoms with Crippen LogP contribution in [0.2, 0.25) is 15.1 Å². The molecule has 3 rings (SSSR count). The number of phenols is 1. The summed E-state index contributed by atoms with van der Waals surface area (Å²) in [5, 5.41) is 25.8. The number of aromatic hydroxyl groups is 1. The van der Waals surface area contributed by atoms with Crippen molar-refractivity contribution in [3.05, 3.63) is 74.7 Å². The van der Waals surface area contributed by atoms with E-state index in [1.54, 1.807) is 6.07 Å². The van der Waals surface area contributed by atoms with Gasteiger partial charge in [-0.25, -0.2) is 4.79 Å². The molecule has 160 valence electrons. The summed E-state index contributed by atoms with van der Waals surface area (Å²) in [6.07, 6.45) is 0. The third kappa shape index (κ3) is 5.14. The zero-order valence-corrected chi connectivity index (χ0v) is 18.1. The Bertz CT molecular complexity index is 1180. The number of carboxylic acids is 1. The molecule has 0 aliphatic carbocycles. The number of carbonyl (C=O) groups excluding carboxylic acids is 1. The van der Waals surface area contributed by atoms with Crippen molar-refractivity contribution >= 4 is 63.7 Å². The van der Waals surface area contributed by atoms with Crippen LogP contribution in [0.1, 0.15) is 20.7 Å². The highest BCUT2D eigenvalue weighted by Crippen LogP contribution is 2.37. The van der Waals surface area contributed by atoms with E-state index in [1.165, 1.54) is 49.6 Å². The maximum Gasteiger partial charge on any atom is 0.337 e. The van der Waals surface area contributed by atoms with Gasteiger partial charge in [-0.2, -0.15) is 0 Å². The second kappa shape index (κ2) is 9.34. The number of nitrogens with one attached hydrogen (secondary N) is 2. The Morgan fingerprint density at radius 1 is 0.871 bits per heavy atom. The number of hydrogen-bond acceptors (Lipinski definition) is 5. The lowest BCUT2D eigenvalue weighted by Gasteiger charge is -2.15. The molecule has 4 N–H and O–H groups in total. The molecule has 0 heterocycles. The van der Waals surface area contributed by atoms with Gasteiger partial charge in [-0.15, -0.1) is 0 Å². The van der Waals surface area contributed by atoms with E-state index in [4.69, 9.17) is 39.5 Å². The zero-order chi connectivity index (χ0) is 22.7. The summed E-state index contributed by atoms with van der Waals surface area (Å²) in [5.41, 5.74) is 0.713. The Hall–Kier alpha value is -3.13. The fourth-order valence-corrected chi connectivity index (χ4v) is 3.18. The van der Waals surface area contributed by atoms with Crippen molar-refractivity contribution in [2.24, 2.45) is 0 Å². The molecule has 0 spiro atoms. The van der Waals surface area contributed by atoms with Crippen LogP contribution in [0.4, 0.5) is 17.1 Å². The van der Waals surface area contributed by atoms with Gasteiger partial charge in [-0.05, 0) is 42.5 Å². The van der Waals surface area contributed by atoms with Gasteiger partial charge in [0.1, 0.15) is 11.5 Å². The molecule has 0 aromatic heterocycles. The fourth-order valence-electron chi connectivity index (χ4n) is 2.67. The highest BCUT2D eigenvalue weighted by Gasteiger charge is 2.16. The van der Waals surface area contributed by atoms with Crippen LogP contribution in [0, 0.1) is 0 Å². The van der Waals surface area contributed by atoms with Gasteiger partial charge < -0.3 is 25.6 Å². The number of benzene rings is 3. The first-order valence-corrected chi connectivity index (χ1v) is 9.80. The summed E-state index contributed by atoms with van der Waals surface area (Å²) in [6, 6.07) is 11.4. The normalized spacial score (nSPS) is 10.5. The first-order valence-electron chi connectivity index (χ1n) is 8.67. The van der Waals surface area contributed by atoms with Crippen molar-refractivity contribution in [2.45, 2.75) is 0 Å². The van der Waals surface area contributed by atoms with Gasteiger partial charge in [0.2, 0.25) is 0 Å². The SMILES string of the molecule is COc1ccc(Nc2cc(O)c(NC(=O)c3ccc(Cl)c(Cl)c3)cc2Cl)c(C(=O)O)c1. The summed E-state index contributed by atoms with van der Waals surface area (Å²) in [6.45, 7) is 0. The van der Waals surface area contributed by atoms with E-state index >= 15 is 0 Å². The van der Waals surface area contributed by atoms with Crippen molar-refractivity contribution in [3.8, 4) is 11.5 Å². The van der Waals surface area contributed by atoms with Crippen molar-refractivity contribution in [1.29, 1.82) is 0 Å². The molecule has 0 saturated heterocycles. The molecule has 0 bridgehead atoms. The first kappa shape index (κ1) is 22.6. The maximum absolute atomic E-state index is 12.4. The molecule has 0 unspecified atom stereocenters. The van der Waals surface area contributed by atoms with Gasteiger partial charge in [0, 0.05) is 11.6 Å². The fraction of sp³-hybridized carbons (Fsp3) is 0.0476. The minimum atomic E-state index is -1.17. The Morgan fingerprint density at radius 3 is 2.26 bits per heavy atom. The van der Waals surface area contributed by atoms with Crippen LogP contribution in [0.3, 0.4) is 0 Å². The number of methoxy groups -OCH3 is 1. The van der Waals surface area contributed by atoms with E-state index in [1.807, 2.05) is 0 Å². The van der Waals surface area contributed by atoms with E-state index in [2.05, 4.69) is 10.6 Å². The zero-order valence-electron chi connectivity index (χ0n) is 15.9. The van der Waals surface area contributed by atoms with Crippen LogP contribution in [0.25, 0.3) is 0 Å². The summed E-state index contributed by atoms with van der Waals surface area (Å²) in [4.78, 5) is 24.0. The lowest BCUT2D eigenvalue weighted by Crippen LogP contribution is -2.12. The van der Waals surface area contributed by atoms with E-state index in [-0.39, 0.29) is 44.0 Å². The van der Waals surface area contributed by atoms with E-state index in [0.717, 1.165) is 0 Å². The van der Waals surface area contributed by atoms with E-state index < -0.39 is 11.9 Å². The molecular formula is C21H15Cl3N2O5. The third-order valence-electron chi connectivity index (χ3n) is 4.24. The number of phenolic OH excluding ortho intramolecular Hbond substituents is 1. The van der Waals surface area contributed by atoms with Crippen molar-refractivity contribution in [1.82, 2.24) is 0 Å². The van der Waals surface area contributed by atoms with E-state index in [0.29, 0.717) is 10.8 Å². The average molecular weight is 482 g/mol. The topological polar surface area (TPSA) is 108 Å². The molecule has 3 aromatic carbocycles. The molecule has 0 saturated carbocycles. The van der Waals surface area contributed by atoms with Crippen LogP contribution in [0.5, 0.6) is 11.5 Å². The molecule has 0 aliphatic rings. The number of aromatic carboxylic acids is 1. The standard InChI is InChI=1S/C21H15Cl3N2O5/c1-31-11-3-5-16(12(7-11)21(29)30)25-17-9-19(27)18(8-15(17)24)26-20(28)10-2-4-13(22)14(23)6-10/h2-9,25,27H,1H3,(H,26,28)(H,29,30). The molecule has 0 fully saturated rings. The Morgan fingerprint density at radius 2 is 1.61 bits per heavy atom. The highest BCUT2D eigenvalue weighted by atomic mass is 35.5. The van der Waals surface area contributed by atoms with Crippen LogP contribution in [-0.4, -0.2) is 29.2 Å². The van der Waals surface area contributed by atoms with Gasteiger partial charge in [-0.3, -0.25) is 4.79 Å². The number of halogens is 3. The van der Waals surface area contributed by atoms with Crippen LogP contribution in [-0.2, 0) is 0 Å². The largest absolute Gasteiger partial charge is 0.506 e. The third-order valence-corrected chi connectivity index (χ3v) is 5.29. The minimum absolute atomic E-state index is 0.0492. The summed E-state index contributed by atoms with van der Waals surface area (Å²) < 4.78 is 5.04. The second-order valence-electron chi connectivity index (χ2n) is 6.27. The van der Waals surface area contributed by atoms with Crippen LogP contribution >= 0.6 is 34.8 Å². The predicted octanol–water partition coefficient (Wildman–Crippen LogP) is 6.06. The molecular weight excluding hydrogens is 467 g/mol. The summed E-state index contributed by atoms with van der Waals surface area (Å²) >= 11 is 18.1. The van der Waals surface area contributed by atoms with Gasteiger partial charge >= 0.3 is 5.97 Å². The van der Waals surface area contributed by atoms with E-state index in [9.17, 15) is 19.8 Å². The number of carboxylic acid groups (broad SMARTS) is 1. The minimum Gasteiger partial charge on any atom is -0.506 e. The molecule has 7 nitrogen and oxygen atoms in total. The molecule has 1 amide bonds. The number of amides is 1. The van der Waals surface area contributed by atoms with Crippen LogP contribution in [0.15, 0.2) is 48.5 Å². The number of carbonyl (C=O) groups is 2. The average Bonchev–Trinajstić information content (AvgIpc) is 2.73. The number of ether oxygens (including phenoxy) is 1. The second-order valence-corrected chi connectivity index (χ2v) is 7.50. The number of rotatable bonds is 6. The molecule has 10 heteroatoms. The number of anilines is 3. The van der Waals surface area contributed by atoms with Gasteiger partial charge in [-0.1, -0.05) is 34.8 Å². The van der Waals surface area contributed by atoms with Crippen molar-refractivity contribution in [2.75, 3.05) is 17.7 Å². The Kier molecular flexibility index (Phi) is 6.80. The van der Waals surface area contributed by atoms with Gasteiger partial charge in [0.25, 0.3) is 5.91 Å². The smallest absolute Gasteiger partial charge is 0.337 e. The number of hydrogen-bond donors (Lipinski definition) is 4. The predicted molar refractivity (Wildman–Crippen MR) is 121 cm³/mol. The molecule has 31 heavy (non-hydrogen) atoms. The Labute approximate surface area is 192 Å². The maximum atomic E-state index is 12.4. The Balaban J connectivity index is 1.86. The van der Waals surface area contributed by atoms with Crippen molar-refractivity contribution in [3.63, 3.8) is 0 Å². The highest BCUT2D eigenvalue weighted by molar-refractivity contribution is 6.42. The monoisotopic (exact) mass is 480 g/mol. The van der Waals surface area contributed by atoms with Crippen LogP contribution < -0.4 is 15.4 Å². The summed E-state index contributed by atoms with van der Waals surface area (Å²) in [5.74, 6) is -1.62. The molecule has 0 radical (unpaired) electrons. The lowest BCUT2D eigenvalue weighted by atomic mass is 10.1. The quantitative estimate of drug-likeness (QED) is 0.319. The molecule has 0 aliphatic heterocycles. The molecule has 3 aromatic rings. The molecule has 0 atom stereocenters. The first-order chi connectivity index (χ1) is 14.7. The summed E-state index contributed by atoms with van der Waals surface area (Å²) in [7, 11) is 1.42. The van der Waals surface area contributed by atoms with Gasteiger partial charge in [0.15, 0.2) is 0 Å². The lowest BCUT2D eigenvalue weighted by molar-refractivity contribution is 0.0697.